The molecule has 1 heterocycles. The first-order chi connectivity index (χ1) is 7.81. The molecule has 0 amide bonds. The minimum atomic E-state index is -0.279. The van der Waals surface area contributed by atoms with Crippen LogP contribution in [0.1, 0.15) is 17.4 Å². The van der Waals surface area contributed by atoms with E-state index in [0.717, 1.165) is 11.1 Å². The molecule has 1 fully saturated rings. The van der Waals surface area contributed by atoms with E-state index in [0.29, 0.717) is 18.2 Å². The number of ether oxygens (including phenoxy) is 2. The summed E-state index contributed by atoms with van der Waals surface area (Å²) in [5.41, 5.74) is 1.77. The predicted molar refractivity (Wildman–Crippen MR) is 74.6 cm³/mol. The average molecular weight is 367 g/mol. The van der Waals surface area contributed by atoms with Crippen molar-refractivity contribution in [2.24, 2.45) is 0 Å². The fourth-order valence-corrected chi connectivity index (χ4v) is 2.12. The van der Waals surface area contributed by atoms with Crippen molar-refractivity contribution in [3.63, 3.8) is 0 Å². The molecule has 0 unspecified atom stereocenters. The van der Waals surface area contributed by atoms with Crippen LogP contribution in [0.25, 0.3) is 0 Å². The van der Waals surface area contributed by atoms with Crippen LogP contribution >= 0.6 is 41.7 Å². The van der Waals surface area contributed by atoms with Gasteiger partial charge in [0.2, 0.25) is 0 Å². The van der Waals surface area contributed by atoms with Crippen LogP contribution in [-0.4, -0.2) is 13.2 Å². The minimum Gasteiger partial charge on any atom is -0.346 e. The molecule has 0 saturated carbocycles. The summed E-state index contributed by atoms with van der Waals surface area (Å²) in [4.78, 5) is 0. The van der Waals surface area contributed by atoms with E-state index in [2.05, 4.69) is 32.4 Å². The first kappa shape index (κ1) is 12.5. The molecule has 0 radical (unpaired) electrons. The molecule has 5 heteroatoms. The molecule has 1 aromatic rings. The van der Waals surface area contributed by atoms with Crippen LogP contribution in [0.5, 0.6) is 0 Å². The average Bonchev–Trinajstić information content (AvgIpc) is 2.81. The third-order valence-corrected chi connectivity index (χ3v) is 3.26. The van der Waals surface area contributed by atoms with Gasteiger partial charge in [0, 0.05) is 32.3 Å². The van der Waals surface area contributed by atoms with Gasteiger partial charge in [0.05, 0.1) is 18.2 Å². The largest absolute Gasteiger partial charge is 0.346 e. The van der Waals surface area contributed by atoms with E-state index in [1.807, 2.05) is 18.2 Å². The highest BCUT2D eigenvalue weighted by molar-refractivity contribution is 14.2. The third-order valence-electron chi connectivity index (χ3n) is 2.11. The van der Waals surface area contributed by atoms with Gasteiger partial charge < -0.3 is 9.47 Å². The van der Waals surface area contributed by atoms with Crippen molar-refractivity contribution in [1.82, 2.24) is 0 Å². The molecule has 0 spiro atoms. The highest BCUT2D eigenvalue weighted by atomic mass is 127. The van der Waals surface area contributed by atoms with Gasteiger partial charge in [-0.3, -0.25) is 0 Å². The van der Waals surface area contributed by atoms with Gasteiger partial charge in [-0.25, -0.2) is 0 Å². The summed E-state index contributed by atoms with van der Waals surface area (Å²) in [5.74, 6) is 2.97. The van der Waals surface area contributed by atoms with Gasteiger partial charge in [-0.05, 0) is 26.3 Å². The fraction of sp³-hybridized carbons (Fsp3) is 0.273. The summed E-state index contributed by atoms with van der Waals surface area (Å²) in [6.45, 7) is 1.27. The monoisotopic (exact) mass is 366 g/mol. The Morgan fingerprint density at radius 2 is 2.12 bits per heavy atom. The quantitative estimate of drug-likeness (QED) is 0.557. The zero-order chi connectivity index (χ0) is 11.4. The van der Waals surface area contributed by atoms with Gasteiger partial charge in [0.1, 0.15) is 0 Å². The number of hydrogen-bond acceptors (Lipinski definition) is 3. The van der Waals surface area contributed by atoms with Gasteiger partial charge in [0.15, 0.2) is 6.29 Å². The molecule has 0 N–H and O–H groups in total. The van der Waals surface area contributed by atoms with E-state index in [1.54, 1.807) is 0 Å². The molecular formula is C11H8ClIO2S. The molecule has 84 valence electrons. The van der Waals surface area contributed by atoms with E-state index in [-0.39, 0.29) is 6.29 Å². The van der Waals surface area contributed by atoms with Crippen molar-refractivity contribution in [1.29, 1.82) is 0 Å². The predicted octanol–water partition coefficient (Wildman–Crippen LogP) is 3.78. The molecule has 1 aliphatic heterocycles. The molecule has 0 aromatic heterocycles. The lowest BCUT2D eigenvalue weighted by Crippen LogP contribution is -1.98. The smallest absolute Gasteiger partial charge is 0.184 e. The van der Waals surface area contributed by atoms with Crippen molar-refractivity contribution >= 4 is 41.7 Å². The Hall–Kier alpha value is 0.0700. The molecule has 0 atom stereocenters. The lowest BCUT2D eigenvalue weighted by Gasteiger charge is -2.09. The lowest BCUT2D eigenvalue weighted by atomic mass is 10.1. The zero-order valence-corrected chi connectivity index (χ0v) is 11.9. The minimum absolute atomic E-state index is 0.279. The van der Waals surface area contributed by atoms with E-state index >= 15 is 0 Å². The van der Waals surface area contributed by atoms with Crippen LogP contribution in [0, 0.1) is 11.2 Å². The van der Waals surface area contributed by atoms with E-state index in [9.17, 15) is 0 Å². The maximum Gasteiger partial charge on any atom is 0.184 e. The SMILES string of the molecule is Clc1cc(C2OCCO2)ccc1C#CSI. The Morgan fingerprint density at radius 1 is 1.38 bits per heavy atom. The molecule has 1 aliphatic rings. The van der Waals surface area contributed by atoms with Crippen molar-refractivity contribution < 1.29 is 9.47 Å². The summed E-state index contributed by atoms with van der Waals surface area (Å²) in [6, 6.07) is 5.67. The Balaban J connectivity index is 2.21. The first-order valence-electron chi connectivity index (χ1n) is 4.62. The first-order valence-corrected chi connectivity index (χ1v) is 8.36. The Morgan fingerprint density at radius 3 is 2.75 bits per heavy atom. The number of rotatable bonds is 1. The van der Waals surface area contributed by atoms with Gasteiger partial charge in [-0.15, -0.1) is 0 Å². The molecule has 0 aliphatic carbocycles. The van der Waals surface area contributed by atoms with Crippen molar-refractivity contribution in [3.05, 3.63) is 34.3 Å². The normalized spacial score (nSPS) is 15.9. The maximum absolute atomic E-state index is 6.12. The second-order valence-electron chi connectivity index (χ2n) is 3.12. The van der Waals surface area contributed by atoms with E-state index in [1.165, 1.54) is 8.93 Å². The molecule has 2 nitrogen and oxygen atoms in total. The van der Waals surface area contributed by atoms with E-state index < -0.39 is 0 Å². The van der Waals surface area contributed by atoms with Gasteiger partial charge in [-0.2, -0.15) is 0 Å². The molecular weight excluding hydrogens is 359 g/mol. The summed E-state index contributed by atoms with van der Waals surface area (Å²) in [7, 11) is 1.44. The lowest BCUT2D eigenvalue weighted by molar-refractivity contribution is -0.0441. The third kappa shape index (κ3) is 3.05. The second-order valence-corrected chi connectivity index (χ2v) is 5.20. The van der Waals surface area contributed by atoms with Crippen LogP contribution < -0.4 is 0 Å². The van der Waals surface area contributed by atoms with Crippen LogP contribution in [0.4, 0.5) is 0 Å². The summed E-state index contributed by atoms with van der Waals surface area (Å²) in [6.07, 6.45) is -0.279. The molecule has 2 rings (SSSR count). The maximum atomic E-state index is 6.12. The topological polar surface area (TPSA) is 18.5 Å². The Labute approximate surface area is 116 Å². The number of benzene rings is 1. The van der Waals surface area contributed by atoms with Crippen LogP contribution in [-0.2, 0) is 9.47 Å². The van der Waals surface area contributed by atoms with E-state index in [4.69, 9.17) is 21.1 Å². The standard InChI is InChI=1S/C11H8ClIO2S/c12-10-7-9(11-14-4-5-15-11)2-1-8(10)3-6-16-13/h1-2,7,11H,4-5H2. The van der Waals surface area contributed by atoms with Crippen LogP contribution in [0.2, 0.25) is 5.02 Å². The van der Waals surface area contributed by atoms with Gasteiger partial charge >= 0.3 is 0 Å². The van der Waals surface area contributed by atoms with Crippen LogP contribution in [0.3, 0.4) is 0 Å². The van der Waals surface area contributed by atoms with Crippen LogP contribution in [0.15, 0.2) is 18.2 Å². The molecule has 16 heavy (non-hydrogen) atoms. The fourth-order valence-electron chi connectivity index (χ4n) is 1.40. The molecule has 1 aromatic carbocycles. The number of halogens is 2. The number of hydrogen-bond donors (Lipinski definition) is 0. The second kappa shape index (κ2) is 6.12. The summed E-state index contributed by atoms with van der Waals surface area (Å²) < 4.78 is 10.8. The molecule has 0 bridgehead atoms. The summed E-state index contributed by atoms with van der Waals surface area (Å²) in [5, 5.41) is 3.53. The highest BCUT2D eigenvalue weighted by Gasteiger charge is 2.18. The van der Waals surface area contributed by atoms with Crippen molar-refractivity contribution in [2.75, 3.05) is 13.2 Å². The van der Waals surface area contributed by atoms with Crippen molar-refractivity contribution in [2.45, 2.75) is 6.29 Å². The summed E-state index contributed by atoms with van der Waals surface area (Å²) >= 11 is 8.24. The zero-order valence-electron chi connectivity index (χ0n) is 8.20. The van der Waals surface area contributed by atoms with Gasteiger partial charge in [-0.1, -0.05) is 23.6 Å². The Kier molecular flexibility index (Phi) is 4.79. The highest BCUT2D eigenvalue weighted by Crippen LogP contribution is 2.27. The Bertz CT molecular complexity index is 435. The van der Waals surface area contributed by atoms with Gasteiger partial charge in [0.25, 0.3) is 0 Å². The molecule has 1 saturated heterocycles. The van der Waals surface area contributed by atoms with Crippen molar-refractivity contribution in [3.8, 4) is 11.2 Å².